The molecule has 174 valence electrons. The summed E-state index contributed by atoms with van der Waals surface area (Å²) in [7, 11) is 0. The molecule has 2 fully saturated rings. The Balaban J connectivity index is 1.46. The zero-order chi connectivity index (χ0) is 21.8. The number of hydrogen-bond acceptors (Lipinski definition) is 3. The number of rotatable bonds is 11. The van der Waals surface area contributed by atoms with Crippen molar-refractivity contribution in [3.05, 3.63) is 71.8 Å². The van der Waals surface area contributed by atoms with Gasteiger partial charge in [-0.15, -0.1) is 0 Å². The molecule has 2 atom stereocenters. The summed E-state index contributed by atoms with van der Waals surface area (Å²) in [4.78, 5) is 0. The van der Waals surface area contributed by atoms with Crippen molar-refractivity contribution >= 4 is 23.5 Å². The van der Waals surface area contributed by atoms with Crippen LogP contribution < -0.4 is 5.32 Å². The minimum Gasteiger partial charge on any atom is -0.312 e. The highest BCUT2D eigenvalue weighted by atomic mass is 32.2. The first-order valence-corrected chi connectivity index (χ1v) is 14.8. The summed E-state index contributed by atoms with van der Waals surface area (Å²) in [6.45, 7) is 2.10. The van der Waals surface area contributed by atoms with E-state index in [-0.39, 0.29) is 0 Å². The lowest BCUT2D eigenvalue weighted by Crippen LogP contribution is -2.36. The van der Waals surface area contributed by atoms with Crippen LogP contribution >= 0.6 is 23.5 Å². The van der Waals surface area contributed by atoms with E-state index in [0.717, 1.165) is 23.6 Å². The quantitative estimate of drug-likeness (QED) is 0.361. The predicted octanol–water partition coefficient (Wildman–Crippen LogP) is 7.89. The van der Waals surface area contributed by atoms with Crippen molar-refractivity contribution < 1.29 is 0 Å². The highest BCUT2D eigenvalue weighted by molar-refractivity contribution is 8.04. The molecular formula is C29H41NS2. The fourth-order valence-corrected chi connectivity index (χ4v) is 8.86. The largest absolute Gasteiger partial charge is 0.312 e. The number of nitrogens with one attached hydrogen (secondary N) is 1. The molecule has 2 aliphatic carbocycles. The molecule has 0 amide bonds. The zero-order valence-electron chi connectivity index (χ0n) is 19.6. The van der Waals surface area contributed by atoms with E-state index < -0.39 is 0 Å². The molecule has 0 radical (unpaired) electrons. The topological polar surface area (TPSA) is 12.0 Å². The van der Waals surface area contributed by atoms with E-state index >= 15 is 0 Å². The van der Waals surface area contributed by atoms with Crippen molar-refractivity contribution in [2.45, 2.75) is 98.2 Å². The van der Waals surface area contributed by atoms with Gasteiger partial charge in [-0.2, -0.15) is 23.5 Å². The van der Waals surface area contributed by atoms with Gasteiger partial charge in [-0.1, -0.05) is 99.2 Å². The Morgan fingerprint density at radius 2 is 1.12 bits per heavy atom. The summed E-state index contributed by atoms with van der Waals surface area (Å²) in [6, 6.07) is 22.2. The van der Waals surface area contributed by atoms with Gasteiger partial charge >= 0.3 is 0 Å². The molecule has 0 unspecified atom stereocenters. The third-order valence-corrected chi connectivity index (χ3v) is 10.6. The fraction of sp³-hybridized carbons (Fsp3) is 0.586. The molecule has 2 aromatic carbocycles. The van der Waals surface area contributed by atoms with Crippen LogP contribution in [0.2, 0.25) is 0 Å². The summed E-state index contributed by atoms with van der Waals surface area (Å²) in [6.07, 6.45) is 15.5. The Labute approximate surface area is 204 Å². The van der Waals surface area contributed by atoms with E-state index in [9.17, 15) is 0 Å². The van der Waals surface area contributed by atoms with E-state index in [4.69, 9.17) is 0 Å². The zero-order valence-corrected chi connectivity index (χ0v) is 21.2. The summed E-state index contributed by atoms with van der Waals surface area (Å²) >= 11 is 4.68. The van der Waals surface area contributed by atoms with E-state index in [1.807, 2.05) is 0 Å². The van der Waals surface area contributed by atoms with E-state index in [0.29, 0.717) is 10.5 Å². The summed E-state index contributed by atoms with van der Waals surface area (Å²) < 4.78 is 0. The van der Waals surface area contributed by atoms with Crippen LogP contribution in [0.3, 0.4) is 0 Å². The van der Waals surface area contributed by atoms with E-state index in [2.05, 4.69) is 89.5 Å². The molecule has 0 heterocycles. The molecule has 0 aromatic heterocycles. The van der Waals surface area contributed by atoms with Crippen LogP contribution in [0.15, 0.2) is 60.7 Å². The van der Waals surface area contributed by atoms with Crippen molar-refractivity contribution in [2.24, 2.45) is 0 Å². The standard InChI is InChI=1S/C29H41NS2/c1-5-13-24(14-6-1)21-28(31-26-17-9-3-10-18-26)29(32-27-19-11-4-12-20-27)23-30-22-25-15-7-2-8-16-25/h1-2,5-8,13-16,26-30H,3-4,9-12,17-23H2/t28-,29-/m0/s1. The van der Waals surface area contributed by atoms with Crippen molar-refractivity contribution in [1.82, 2.24) is 5.32 Å². The van der Waals surface area contributed by atoms with Gasteiger partial charge in [-0.3, -0.25) is 0 Å². The summed E-state index contributed by atoms with van der Waals surface area (Å²) in [5.74, 6) is 0. The lowest BCUT2D eigenvalue weighted by Gasteiger charge is -2.34. The number of benzene rings is 2. The molecule has 0 spiro atoms. The molecular weight excluding hydrogens is 426 g/mol. The maximum Gasteiger partial charge on any atom is 0.0297 e. The first-order valence-electron chi connectivity index (χ1n) is 13.0. The van der Waals surface area contributed by atoms with Crippen LogP contribution in [0.4, 0.5) is 0 Å². The van der Waals surface area contributed by atoms with E-state index in [1.165, 1.54) is 81.8 Å². The van der Waals surface area contributed by atoms with Gasteiger partial charge in [0, 0.05) is 34.1 Å². The van der Waals surface area contributed by atoms with Crippen LogP contribution in [-0.4, -0.2) is 27.5 Å². The molecule has 2 aliphatic rings. The smallest absolute Gasteiger partial charge is 0.0297 e. The first-order chi connectivity index (χ1) is 15.9. The van der Waals surface area contributed by atoms with Crippen LogP contribution in [-0.2, 0) is 13.0 Å². The molecule has 2 saturated carbocycles. The maximum atomic E-state index is 3.86. The molecule has 32 heavy (non-hydrogen) atoms. The summed E-state index contributed by atoms with van der Waals surface area (Å²) in [5, 5.41) is 6.95. The number of thioether (sulfide) groups is 2. The molecule has 2 aromatic rings. The molecule has 0 saturated heterocycles. The Morgan fingerprint density at radius 3 is 1.69 bits per heavy atom. The third kappa shape index (κ3) is 8.15. The predicted molar refractivity (Wildman–Crippen MR) is 145 cm³/mol. The van der Waals surface area contributed by atoms with Crippen LogP contribution in [0, 0.1) is 0 Å². The molecule has 4 rings (SSSR count). The second kappa shape index (κ2) is 13.7. The van der Waals surface area contributed by atoms with Crippen LogP contribution in [0.25, 0.3) is 0 Å². The van der Waals surface area contributed by atoms with Gasteiger partial charge in [0.15, 0.2) is 0 Å². The molecule has 3 heteroatoms. The molecule has 1 nitrogen and oxygen atoms in total. The normalized spacial score (nSPS) is 20.1. The second-order valence-corrected chi connectivity index (χ2v) is 12.8. The minimum absolute atomic E-state index is 0.675. The SMILES string of the molecule is c1ccc(CNC[C@H](SC2CCCCC2)[C@H](Cc2ccccc2)SC2CCCCC2)cc1. The second-order valence-electron chi connectivity index (χ2n) is 9.68. The van der Waals surface area contributed by atoms with Crippen LogP contribution in [0.1, 0.15) is 75.3 Å². The Hall–Kier alpha value is -0.900. The molecule has 1 N–H and O–H groups in total. The Kier molecular flexibility index (Phi) is 10.4. The van der Waals surface area contributed by atoms with Gasteiger partial charge in [0.2, 0.25) is 0 Å². The van der Waals surface area contributed by atoms with Crippen LogP contribution in [0.5, 0.6) is 0 Å². The van der Waals surface area contributed by atoms with Crippen molar-refractivity contribution in [3.63, 3.8) is 0 Å². The Morgan fingerprint density at radius 1 is 0.625 bits per heavy atom. The first kappa shape index (κ1) is 24.2. The average Bonchev–Trinajstić information content (AvgIpc) is 2.86. The maximum absolute atomic E-state index is 3.86. The van der Waals surface area contributed by atoms with Crippen molar-refractivity contribution in [1.29, 1.82) is 0 Å². The highest BCUT2D eigenvalue weighted by Crippen LogP contribution is 2.40. The van der Waals surface area contributed by atoms with Gasteiger partial charge < -0.3 is 5.32 Å². The van der Waals surface area contributed by atoms with Gasteiger partial charge in [0.05, 0.1) is 0 Å². The number of hydrogen-bond donors (Lipinski definition) is 1. The van der Waals surface area contributed by atoms with Gasteiger partial charge in [0.25, 0.3) is 0 Å². The van der Waals surface area contributed by atoms with E-state index in [1.54, 1.807) is 0 Å². The van der Waals surface area contributed by atoms with Gasteiger partial charge in [0.1, 0.15) is 0 Å². The van der Waals surface area contributed by atoms with Crippen molar-refractivity contribution in [3.8, 4) is 0 Å². The van der Waals surface area contributed by atoms with Gasteiger partial charge in [-0.05, 0) is 43.2 Å². The van der Waals surface area contributed by atoms with Crippen molar-refractivity contribution in [2.75, 3.05) is 6.54 Å². The monoisotopic (exact) mass is 467 g/mol. The average molecular weight is 468 g/mol. The fourth-order valence-electron chi connectivity index (χ4n) is 5.23. The Bertz CT molecular complexity index is 738. The lowest BCUT2D eigenvalue weighted by atomic mass is 10.0. The summed E-state index contributed by atoms with van der Waals surface area (Å²) in [5.41, 5.74) is 2.91. The molecule has 0 aliphatic heterocycles. The minimum atomic E-state index is 0.675. The highest BCUT2D eigenvalue weighted by Gasteiger charge is 2.30. The lowest BCUT2D eigenvalue weighted by molar-refractivity contribution is 0.509. The third-order valence-electron chi connectivity index (χ3n) is 7.05. The molecule has 0 bridgehead atoms. The van der Waals surface area contributed by atoms with Gasteiger partial charge in [-0.25, -0.2) is 0 Å².